The Morgan fingerprint density at radius 3 is 2.88 bits per heavy atom. The van der Waals surface area contributed by atoms with Gasteiger partial charge in [0, 0.05) is 57.4 Å². The van der Waals surface area contributed by atoms with Crippen molar-refractivity contribution in [1.29, 1.82) is 0 Å². The van der Waals surface area contributed by atoms with Crippen molar-refractivity contribution in [2.45, 2.75) is 12.6 Å². The van der Waals surface area contributed by atoms with Gasteiger partial charge in [-0.05, 0) is 23.8 Å². The first kappa shape index (κ1) is 16.0. The van der Waals surface area contributed by atoms with Gasteiger partial charge in [-0.2, -0.15) is 0 Å². The van der Waals surface area contributed by atoms with Gasteiger partial charge in [-0.15, -0.1) is 0 Å². The molecule has 0 bridgehead atoms. The molecule has 1 unspecified atom stereocenters. The van der Waals surface area contributed by atoms with Gasteiger partial charge in [0.15, 0.2) is 0 Å². The van der Waals surface area contributed by atoms with Crippen molar-refractivity contribution in [3.05, 3.63) is 72.4 Å². The Labute approximate surface area is 148 Å². The second-order valence-corrected chi connectivity index (χ2v) is 6.50. The molecule has 1 atom stereocenters. The van der Waals surface area contributed by atoms with Crippen LogP contribution in [-0.2, 0) is 13.6 Å². The molecule has 1 N–H and O–H groups in total. The molecule has 4 rings (SSSR count). The van der Waals surface area contributed by atoms with E-state index in [0.717, 1.165) is 37.7 Å². The molecule has 2 aromatic heterocycles. The zero-order valence-electron chi connectivity index (χ0n) is 14.5. The van der Waals surface area contributed by atoms with Crippen LogP contribution in [0.3, 0.4) is 0 Å². The SMILES string of the molecule is Cn1ccnc1C1CNCCN1Cc1cccc(-c2ccccn2)c1. The van der Waals surface area contributed by atoms with Crippen molar-refractivity contribution in [3.8, 4) is 11.3 Å². The molecule has 3 heterocycles. The van der Waals surface area contributed by atoms with Crippen LogP contribution in [0.15, 0.2) is 61.1 Å². The van der Waals surface area contributed by atoms with Gasteiger partial charge in [0.25, 0.3) is 0 Å². The summed E-state index contributed by atoms with van der Waals surface area (Å²) < 4.78 is 2.12. The lowest BCUT2D eigenvalue weighted by Gasteiger charge is -2.35. The van der Waals surface area contributed by atoms with Gasteiger partial charge < -0.3 is 9.88 Å². The molecular formula is C20H23N5. The fourth-order valence-corrected chi connectivity index (χ4v) is 3.49. The Kier molecular flexibility index (Phi) is 4.59. The Hall–Kier alpha value is -2.50. The Morgan fingerprint density at radius 2 is 2.08 bits per heavy atom. The first-order valence-corrected chi connectivity index (χ1v) is 8.73. The molecule has 25 heavy (non-hydrogen) atoms. The lowest BCUT2D eigenvalue weighted by molar-refractivity contribution is 0.145. The number of hydrogen-bond acceptors (Lipinski definition) is 4. The molecule has 1 aliphatic rings. The van der Waals surface area contributed by atoms with Crippen LogP contribution in [0.4, 0.5) is 0 Å². The minimum Gasteiger partial charge on any atom is -0.337 e. The average Bonchev–Trinajstić information content (AvgIpc) is 3.09. The van der Waals surface area contributed by atoms with E-state index in [4.69, 9.17) is 0 Å². The van der Waals surface area contributed by atoms with Crippen LogP contribution in [0.1, 0.15) is 17.4 Å². The Morgan fingerprint density at radius 1 is 1.12 bits per heavy atom. The maximum absolute atomic E-state index is 4.57. The van der Waals surface area contributed by atoms with E-state index in [1.54, 1.807) is 0 Å². The first-order chi connectivity index (χ1) is 12.3. The average molecular weight is 333 g/mol. The van der Waals surface area contributed by atoms with E-state index in [1.165, 1.54) is 11.1 Å². The van der Waals surface area contributed by atoms with E-state index in [9.17, 15) is 0 Å². The molecule has 0 spiro atoms. The third kappa shape index (κ3) is 3.48. The second kappa shape index (κ2) is 7.17. The quantitative estimate of drug-likeness (QED) is 0.797. The van der Waals surface area contributed by atoms with Gasteiger partial charge in [-0.25, -0.2) is 4.98 Å². The van der Waals surface area contributed by atoms with Crippen molar-refractivity contribution in [2.75, 3.05) is 19.6 Å². The Balaban J connectivity index is 1.57. The second-order valence-electron chi connectivity index (χ2n) is 6.50. The van der Waals surface area contributed by atoms with Crippen LogP contribution in [0.25, 0.3) is 11.3 Å². The minimum atomic E-state index is 0.298. The number of benzene rings is 1. The van der Waals surface area contributed by atoms with Gasteiger partial charge >= 0.3 is 0 Å². The summed E-state index contributed by atoms with van der Waals surface area (Å²) in [6.07, 6.45) is 5.74. The van der Waals surface area contributed by atoms with E-state index < -0.39 is 0 Å². The summed E-state index contributed by atoms with van der Waals surface area (Å²) in [7, 11) is 2.07. The maximum Gasteiger partial charge on any atom is 0.127 e. The Bertz CT molecular complexity index is 827. The molecule has 1 fully saturated rings. The number of aryl methyl sites for hydroxylation is 1. The van der Waals surface area contributed by atoms with Crippen molar-refractivity contribution >= 4 is 0 Å². The van der Waals surface area contributed by atoms with E-state index in [0.29, 0.717) is 6.04 Å². The van der Waals surface area contributed by atoms with Crippen LogP contribution in [0, 0.1) is 0 Å². The van der Waals surface area contributed by atoms with Crippen molar-refractivity contribution < 1.29 is 0 Å². The van der Waals surface area contributed by atoms with Gasteiger partial charge in [-0.3, -0.25) is 9.88 Å². The molecular weight excluding hydrogens is 310 g/mol. The van der Waals surface area contributed by atoms with Crippen LogP contribution in [0.5, 0.6) is 0 Å². The van der Waals surface area contributed by atoms with Crippen LogP contribution < -0.4 is 5.32 Å². The molecule has 0 aliphatic carbocycles. The molecule has 128 valence electrons. The summed E-state index contributed by atoms with van der Waals surface area (Å²) >= 11 is 0. The molecule has 5 heteroatoms. The number of pyridine rings is 1. The van der Waals surface area contributed by atoms with Crippen molar-refractivity contribution in [3.63, 3.8) is 0 Å². The minimum absolute atomic E-state index is 0.298. The predicted molar refractivity (Wildman–Crippen MR) is 98.9 cm³/mol. The van der Waals surface area contributed by atoms with E-state index in [-0.39, 0.29) is 0 Å². The number of piperazine rings is 1. The van der Waals surface area contributed by atoms with Gasteiger partial charge in [0.2, 0.25) is 0 Å². The monoisotopic (exact) mass is 333 g/mol. The van der Waals surface area contributed by atoms with Gasteiger partial charge in [0.1, 0.15) is 5.82 Å². The molecule has 0 saturated carbocycles. The van der Waals surface area contributed by atoms with Crippen molar-refractivity contribution in [1.82, 2.24) is 24.8 Å². The lowest BCUT2D eigenvalue weighted by Crippen LogP contribution is -2.46. The van der Waals surface area contributed by atoms with Crippen molar-refractivity contribution in [2.24, 2.45) is 7.05 Å². The number of hydrogen-bond donors (Lipinski definition) is 1. The summed E-state index contributed by atoms with van der Waals surface area (Å²) in [6, 6.07) is 15.0. The molecule has 1 aliphatic heterocycles. The number of aromatic nitrogens is 3. The standard InChI is InChI=1S/C20H23N5/c1-24-11-10-23-20(24)19-14-21-9-12-25(19)15-16-5-4-6-17(13-16)18-7-2-3-8-22-18/h2-8,10-11,13,19,21H,9,12,14-15H2,1H3. The highest BCUT2D eigenvalue weighted by Gasteiger charge is 2.26. The first-order valence-electron chi connectivity index (χ1n) is 8.73. The van der Waals surface area contributed by atoms with Gasteiger partial charge in [-0.1, -0.05) is 24.3 Å². The molecule has 0 radical (unpaired) electrons. The van der Waals surface area contributed by atoms with Crippen LogP contribution in [-0.4, -0.2) is 39.1 Å². The topological polar surface area (TPSA) is 46.0 Å². The third-order valence-electron chi connectivity index (χ3n) is 4.78. The van der Waals surface area contributed by atoms with E-state index in [1.807, 2.05) is 30.7 Å². The van der Waals surface area contributed by atoms with E-state index >= 15 is 0 Å². The number of nitrogens with zero attached hydrogens (tertiary/aromatic N) is 4. The highest BCUT2D eigenvalue weighted by molar-refractivity contribution is 5.59. The zero-order valence-corrected chi connectivity index (χ0v) is 14.5. The van der Waals surface area contributed by atoms with Gasteiger partial charge in [0.05, 0.1) is 11.7 Å². The summed E-state index contributed by atoms with van der Waals surface area (Å²) in [5.41, 5.74) is 3.50. The molecule has 1 saturated heterocycles. The van der Waals surface area contributed by atoms with Crippen LogP contribution in [0.2, 0.25) is 0 Å². The molecule has 1 aromatic carbocycles. The normalized spacial score (nSPS) is 18.4. The highest BCUT2D eigenvalue weighted by atomic mass is 15.3. The lowest BCUT2D eigenvalue weighted by atomic mass is 10.1. The third-order valence-corrected chi connectivity index (χ3v) is 4.78. The smallest absolute Gasteiger partial charge is 0.127 e. The van der Waals surface area contributed by atoms with Crippen LogP contribution >= 0.6 is 0 Å². The highest BCUT2D eigenvalue weighted by Crippen LogP contribution is 2.24. The summed E-state index contributed by atoms with van der Waals surface area (Å²) in [6.45, 7) is 3.89. The molecule has 0 amide bonds. The number of imidazole rings is 1. The summed E-state index contributed by atoms with van der Waals surface area (Å²) in [5, 5.41) is 3.50. The number of rotatable bonds is 4. The molecule has 5 nitrogen and oxygen atoms in total. The fourth-order valence-electron chi connectivity index (χ4n) is 3.49. The maximum atomic E-state index is 4.57. The van der Waals surface area contributed by atoms with E-state index in [2.05, 4.69) is 62.1 Å². The largest absolute Gasteiger partial charge is 0.337 e. The number of nitrogens with one attached hydrogen (secondary N) is 1. The summed E-state index contributed by atoms with van der Waals surface area (Å²) in [5.74, 6) is 1.12. The summed E-state index contributed by atoms with van der Waals surface area (Å²) in [4.78, 5) is 11.5. The predicted octanol–water partition coefficient (Wildman–Crippen LogP) is 2.63. The zero-order chi connectivity index (χ0) is 17.1. The molecule has 3 aromatic rings. The fraction of sp³-hybridized carbons (Fsp3) is 0.300.